The Bertz CT molecular complexity index is 772. The number of piperazine rings is 1. The van der Waals surface area contributed by atoms with Gasteiger partial charge in [0.2, 0.25) is 0 Å². The van der Waals surface area contributed by atoms with E-state index in [0.29, 0.717) is 31.7 Å². The van der Waals surface area contributed by atoms with Gasteiger partial charge in [0.25, 0.3) is 0 Å². The highest BCUT2D eigenvalue weighted by Crippen LogP contribution is 2.24. The summed E-state index contributed by atoms with van der Waals surface area (Å²) in [5.74, 6) is 0.0830. The van der Waals surface area contributed by atoms with Gasteiger partial charge in [-0.15, -0.1) is 0 Å². The predicted octanol–water partition coefficient (Wildman–Crippen LogP) is 3.43. The Morgan fingerprint density at radius 2 is 1.89 bits per heavy atom. The molecule has 28 heavy (non-hydrogen) atoms. The van der Waals surface area contributed by atoms with Crippen LogP contribution in [0.25, 0.3) is 0 Å². The fourth-order valence-electron chi connectivity index (χ4n) is 3.79. The molecule has 6 heteroatoms. The monoisotopic (exact) mass is 390 g/mol. The summed E-state index contributed by atoms with van der Waals surface area (Å²) in [6, 6.07) is 11.7. The van der Waals surface area contributed by atoms with Gasteiger partial charge in [0.1, 0.15) is 17.4 Å². The summed E-state index contributed by atoms with van der Waals surface area (Å²) in [4.78, 5) is 4.47. The number of ether oxygens (including phenoxy) is 1. The van der Waals surface area contributed by atoms with Gasteiger partial charge < -0.3 is 9.84 Å². The maximum Gasteiger partial charge on any atom is 0.127 e. The Balaban J connectivity index is 1.68. The van der Waals surface area contributed by atoms with Crippen molar-refractivity contribution in [1.29, 1.82) is 0 Å². The summed E-state index contributed by atoms with van der Waals surface area (Å²) in [5, 5.41) is 9.52. The lowest BCUT2D eigenvalue weighted by Crippen LogP contribution is -2.52. The van der Waals surface area contributed by atoms with Crippen molar-refractivity contribution in [2.75, 3.05) is 32.8 Å². The average Bonchev–Trinajstić information content (AvgIpc) is 2.68. The van der Waals surface area contributed by atoms with E-state index in [1.165, 1.54) is 12.1 Å². The van der Waals surface area contributed by atoms with Gasteiger partial charge in [0, 0.05) is 56.5 Å². The van der Waals surface area contributed by atoms with E-state index < -0.39 is 5.82 Å². The van der Waals surface area contributed by atoms with Crippen LogP contribution in [0.15, 0.2) is 42.5 Å². The van der Waals surface area contributed by atoms with E-state index in [4.69, 9.17) is 4.74 Å². The molecule has 152 valence electrons. The van der Waals surface area contributed by atoms with E-state index in [0.717, 1.165) is 37.0 Å². The first kappa shape index (κ1) is 20.7. The molecule has 2 aromatic rings. The van der Waals surface area contributed by atoms with E-state index in [1.54, 1.807) is 0 Å². The third kappa shape index (κ3) is 5.28. The van der Waals surface area contributed by atoms with Gasteiger partial charge in [0.15, 0.2) is 0 Å². The number of halogens is 2. The highest BCUT2D eigenvalue weighted by Gasteiger charge is 2.27. The molecule has 1 aliphatic heterocycles. The fourth-order valence-corrected chi connectivity index (χ4v) is 3.79. The molecule has 0 aliphatic carbocycles. The van der Waals surface area contributed by atoms with Crippen molar-refractivity contribution >= 4 is 0 Å². The zero-order chi connectivity index (χ0) is 19.9. The number of aliphatic hydroxyl groups excluding tert-OH is 1. The first-order valence-electron chi connectivity index (χ1n) is 9.82. The maximum atomic E-state index is 14.0. The zero-order valence-electron chi connectivity index (χ0n) is 16.3. The fraction of sp³-hybridized carbons (Fsp3) is 0.455. The quantitative estimate of drug-likeness (QED) is 0.749. The minimum atomic E-state index is -0.422. The van der Waals surface area contributed by atoms with Gasteiger partial charge in [-0.1, -0.05) is 18.2 Å². The molecule has 1 aliphatic rings. The Hall–Kier alpha value is -2.02. The average molecular weight is 390 g/mol. The number of hydrogen-bond donors (Lipinski definition) is 1. The van der Waals surface area contributed by atoms with Crippen LogP contribution in [0.3, 0.4) is 0 Å². The molecule has 1 fully saturated rings. The molecule has 1 saturated heterocycles. The predicted molar refractivity (Wildman–Crippen MR) is 105 cm³/mol. The van der Waals surface area contributed by atoms with Gasteiger partial charge >= 0.3 is 0 Å². The van der Waals surface area contributed by atoms with Gasteiger partial charge in [0.05, 0.1) is 6.61 Å². The third-order valence-corrected chi connectivity index (χ3v) is 5.20. The molecule has 1 N–H and O–H groups in total. The molecule has 1 unspecified atom stereocenters. The summed E-state index contributed by atoms with van der Waals surface area (Å²) in [7, 11) is 0. The Morgan fingerprint density at radius 3 is 2.68 bits per heavy atom. The van der Waals surface area contributed by atoms with Crippen LogP contribution in [0.5, 0.6) is 5.75 Å². The Labute approximate surface area is 165 Å². The Kier molecular flexibility index (Phi) is 7.36. The molecule has 0 amide bonds. The highest BCUT2D eigenvalue weighted by molar-refractivity contribution is 5.33. The van der Waals surface area contributed by atoms with Crippen LogP contribution in [0.2, 0.25) is 0 Å². The van der Waals surface area contributed by atoms with Crippen LogP contribution >= 0.6 is 0 Å². The molecule has 2 aromatic carbocycles. The number of rotatable bonds is 8. The van der Waals surface area contributed by atoms with E-state index in [2.05, 4.69) is 15.9 Å². The van der Waals surface area contributed by atoms with Crippen molar-refractivity contribution in [2.24, 2.45) is 0 Å². The van der Waals surface area contributed by atoms with E-state index in [1.807, 2.05) is 25.1 Å². The van der Waals surface area contributed by atoms with Crippen molar-refractivity contribution in [1.82, 2.24) is 9.80 Å². The van der Waals surface area contributed by atoms with Crippen LogP contribution < -0.4 is 4.74 Å². The number of benzene rings is 2. The number of hydrogen-bond acceptors (Lipinski definition) is 4. The summed E-state index contributed by atoms with van der Waals surface area (Å²) in [6.45, 7) is 6.04. The lowest BCUT2D eigenvalue weighted by atomic mass is 10.1. The molecule has 0 radical (unpaired) electrons. The van der Waals surface area contributed by atoms with E-state index in [9.17, 15) is 13.9 Å². The smallest absolute Gasteiger partial charge is 0.127 e. The molecule has 3 rings (SSSR count). The molecule has 1 atom stereocenters. The van der Waals surface area contributed by atoms with Crippen molar-refractivity contribution < 1.29 is 18.6 Å². The second kappa shape index (κ2) is 9.96. The second-order valence-electron chi connectivity index (χ2n) is 7.15. The van der Waals surface area contributed by atoms with E-state index >= 15 is 0 Å². The highest BCUT2D eigenvalue weighted by atomic mass is 19.1. The Morgan fingerprint density at radius 1 is 1.07 bits per heavy atom. The molecule has 0 aromatic heterocycles. The minimum Gasteiger partial charge on any atom is -0.494 e. The first-order chi connectivity index (χ1) is 13.6. The van der Waals surface area contributed by atoms with Crippen molar-refractivity contribution in [3.63, 3.8) is 0 Å². The summed E-state index contributed by atoms with van der Waals surface area (Å²) in [6.07, 6.45) is 0.638. The molecule has 0 saturated carbocycles. The summed E-state index contributed by atoms with van der Waals surface area (Å²) in [5.41, 5.74) is 1.50. The van der Waals surface area contributed by atoms with Crippen LogP contribution in [-0.4, -0.2) is 53.8 Å². The molecular weight excluding hydrogens is 362 g/mol. The molecule has 0 spiro atoms. The number of aliphatic hydroxyl groups is 1. The normalized spacial score (nSPS) is 18.4. The standard InChI is InChI=1S/C22H28F2N2O2/c1-2-28-22-6-4-3-5-17(22)15-26-11-10-25(16-20(26)9-12-27)14-18-13-19(23)7-8-21(18)24/h3-8,13,20,27H,2,9-12,14-16H2,1H3. The van der Waals surface area contributed by atoms with Crippen LogP contribution in [0.4, 0.5) is 8.78 Å². The zero-order valence-corrected chi connectivity index (χ0v) is 16.3. The van der Waals surface area contributed by atoms with Gasteiger partial charge in [-0.05, 0) is 37.6 Å². The van der Waals surface area contributed by atoms with Crippen molar-refractivity contribution in [3.8, 4) is 5.75 Å². The molecule has 0 bridgehead atoms. The van der Waals surface area contributed by atoms with Gasteiger partial charge in [-0.3, -0.25) is 9.80 Å². The molecular formula is C22H28F2N2O2. The largest absolute Gasteiger partial charge is 0.494 e. The van der Waals surface area contributed by atoms with Crippen LogP contribution in [0.1, 0.15) is 24.5 Å². The summed E-state index contributed by atoms with van der Waals surface area (Å²) < 4.78 is 33.2. The lowest BCUT2D eigenvalue weighted by Gasteiger charge is -2.41. The molecule has 1 heterocycles. The van der Waals surface area contributed by atoms with Gasteiger partial charge in [-0.25, -0.2) is 8.78 Å². The maximum absolute atomic E-state index is 14.0. The minimum absolute atomic E-state index is 0.0937. The second-order valence-corrected chi connectivity index (χ2v) is 7.15. The molecule has 4 nitrogen and oxygen atoms in total. The van der Waals surface area contributed by atoms with E-state index in [-0.39, 0.29) is 18.5 Å². The SMILES string of the molecule is CCOc1ccccc1CN1CCN(Cc2cc(F)ccc2F)CC1CCO. The number of nitrogens with zero attached hydrogens (tertiary/aromatic N) is 2. The topological polar surface area (TPSA) is 35.9 Å². The summed E-state index contributed by atoms with van der Waals surface area (Å²) >= 11 is 0. The van der Waals surface area contributed by atoms with Crippen molar-refractivity contribution in [2.45, 2.75) is 32.5 Å². The van der Waals surface area contributed by atoms with Gasteiger partial charge in [-0.2, -0.15) is 0 Å². The first-order valence-corrected chi connectivity index (χ1v) is 9.82. The van der Waals surface area contributed by atoms with Crippen LogP contribution in [0, 0.1) is 11.6 Å². The lowest BCUT2D eigenvalue weighted by molar-refractivity contribution is 0.0489. The van der Waals surface area contributed by atoms with Crippen molar-refractivity contribution in [3.05, 3.63) is 65.2 Å². The van der Waals surface area contributed by atoms with Crippen LogP contribution in [-0.2, 0) is 13.1 Å². The third-order valence-electron chi connectivity index (χ3n) is 5.20. The number of para-hydroxylation sites is 1.